The maximum atomic E-state index is 8.98. The Labute approximate surface area is 485 Å². The van der Waals surface area contributed by atoms with Gasteiger partial charge in [0.2, 0.25) is 16.9 Å². The lowest BCUT2D eigenvalue weighted by atomic mass is 10.0. The van der Waals surface area contributed by atoms with Crippen LogP contribution in [0, 0.1) is 23.7 Å². The molecule has 0 spiro atoms. The van der Waals surface area contributed by atoms with Gasteiger partial charge in [0.25, 0.3) is 0 Å². The predicted molar refractivity (Wildman–Crippen MR) is 332 cm³/mol. The minimum absolute atomic E-state index is 0.0174. The van der Waals surface area contributed by atoms with E-state index in [1.54, 1.807) is 18.6 Å². The van der Waals surface area contributed by atoms with Crippen LogP contribution in [0.25, 0.3) is 66.1 Å². The lowest BCUT2D eigenvalue weighted by molar-refractivity contribution is 0.304. The lowest BCUT2D eigenvalue weighted by Crippen LogP contribution is -2.06. The summed E-state index contributed by atoms with van der Waals surface area (Å²) < 4.78 is 0. The molecule has 0 bridgehead atoms. The molecule has 12 rings (SSSR count). The minimum atomic E-state index is 0.0174. The van der Waals surface area contributed by atoms with E-state index in [1.165, 1.54) is 0 Å². The van der Waals surface area contributed by atoms with Gasteiger partial charge >= 0.3 is 0 Å². The number of aliphatic hydroxyl groups excluding tert-OH is 2. The number of anilines is 3. The Hall–Kier alpha value is -10.5. The van der Waals surface area contributed by atoms with Gasteiger partial charge in [-0.1, -0.05) is 157 Å². The summed E-state index contributed by atoms with van der Waals surface area (Å²) in [6.45, 7) is 1.68. The first-order valence-corrected chi connectivity index (χ1v) is 27.2. The average molecular weight is 1110 g/mol. The number of hydrogen-bond donors (Lipinski definition) is 5. The van der Waals surface area contributed by atoms with Crippen molar-refractivity contribution in [1.29, 1.82) is 0 Å². The highest BCUT2D eigenvalue weighted by Gasteiger charge is 2.16. The predicted octanol–water partition coefficient (Wildman–Crippen LogP) is 13.0. The second kappa shape index (κ2) is 28.6. The van der Waals surface area contributed by atoms with Crippen molar-refractivity contribution in [1.82, 2.24) is 44.9 Å². The molecule has 5 N–H and O–H groups in total. The van der Waals surface area contributed by atoms with Gasteiger partial charge in [0, 0.05) is 31.4 Å². The van der Waals surface area contributed by atoms with Crippen LogP contribution in [0.3, 0.4) is 0 Å². The molecule has 6 aromatic carbocycles. The van der Waals surface area contributed by atoms with E-state index in [9.17, 15) is 0 Å². The monoisotopic (exact) mass is 1110 g/mol. The number of aliphatic hydroxyl groups is 2. The molecule has 6 heterocycles. The number of aromatic nitrogens is 9. The third-order valence-electron chi connectivity index (χ3n) is 12.8. The van der Waals surface area contributed by atoms with Gasteiger partial charge in [0.1, 0.15) is 17.5 Å². The fourth-order valence-corrected chi connectivity index (χ4v) is 9.19. The molecule has 14 nitrogen and oxygen atoms in total. The van der Waals surface area contributed by atoms with Crippen LogP contribution in [0.15, 0.2) is 219 Å². The van der Waals surface area contributed by atoms with Gasteiger partial charge in [-0.15, -0.1) is 0 Å². The number of benzene rings is 6. The Bertz CT molecular complexity index is 4020. The Morgan fingerprint density at radius 1 is 0.349 bits per heavy atom. The molecule has 0 fully saturated rings. The number of pyridine rings is 3. The summed E-state index contributed by atoms with van der Waals surface area (Å²) in [5, 5.41) is 31.2. The molecule has 83 heavy (non-hydrogen) atoms. The van der Waals surface area contributed by atoms with Crippen molar-refractivity contribution in [2.75, 3.05) is 29.2 Å². The van der Waals surface area contributed by atoms with E-state index in [1.807, 2.05) is 146 Å². The van der Waals surface area contributed by atoms with Crippen molar-refractivity contribution in [3.05, 3.63) is 253 Å². The van der Waals surface area contributed by atoms with Crippen LogP contribution in [0.5, 0.6) is 0 Å². The zero-order valence-electron chi connectivity index (χ0n) is 45.0. The van der Waals surface area contributed by atoms with Crippen LogP contribution in [0.2, 0.25) is 5.28 Å². The van der Waals surface area contributed by atoms with Crippen LogP contribution in [0.1, 0.15) is 41.6 Å². The number of hydrogen-bond acceptors (Lipinski definition) is 14. The van der Waals surface area contributed by atoms with Crippen molar-refractivity contribution in [2.45, 2.75) is 32.5 Å². The maximum absolute atomic E-state index is 8.98. The molecule has 0 saturated heterocycles. The standard InChI is InChI=1S/2C24H20N4O.C20H15ClN4/c2*29-16-7-5-14-22-27-21-13-8-12-20(18-9-2-1-3-10-18)23(21)24(28-22)26-17-19-11-4-6-15-25-19;21-20-24-17-11-6-10-16(14-7-2-1-3-8-14)18(17)19(25-20)23-13-15-9-4-5-12-22-15/h2*1-4,6,8-13,15,29H,7,16-17H2,(H,26,27,28);1-12H,13H2,(H,23,24,25). The third kappa shape index (κ3) is 14.9. The first kappa shape index (κ1) is 55.8. The summed E-state index contributed by atoms with van der Waals surface area (Å²) in [6.07, 6.45) is 6.11. The molecule has 12 aromatic rings. The maximum Gasteiger partial charge on any atom is 0.224 e. The van der Waals surface area contributed by atoms with E-state index in [0.717, 1.165) is 83.2 Å². The van der Waals surface area contributed by atoms with Gasteiger partial charge in [-0.2, -0.15) is 0 Å². The molecular weight excluding hydrogens is 1050 g/mol. The molecule has 0 aliphatic heterocycles. The van der Waals surface area contributed by atoms with Gasteiger partial charge in [-0.05, 0) is 111 Å². The zero-order valence-corrected chi connectivity index (χ0v) is 45.8. The second-order valence-electron chi connectivity index (χ2n) is 18.4. The van der Waals surface area contributed by atoms with Crippen molar-refractivity contribution < 1.29 is 10.2 Å². The summed E-state index contributed by atoms with van der Waals surface area (Å²) >= 11 is 6.13. The van der Waals surface area contributed by atoms with Crippen molar-refractivity contribution in [2.24, 2.45) is 0 Å². The van der Waals surface area contributed by atoms with Crippen molar-refractivity contribution in [3.8, 4) is 57.1 Å². The molecule has 0 atom stereocenters. The summed E-state index contributed by atoms with van der Waals surface area (Å²) in [5.41, 5.74) is 11.7. The number of halogens is 1. The topological polar surface area (TPSA) is 193 Å². The highest BCUT2D eigenvalue weighted by molar-refractivity contribution is 6.29. The zero-order chi connectivity index (χ0) is 56.8. The molecule has 0 amide bonds. The smallest absolute Gasteiger partial charge is 0.224 e. The largest absolute Gasteiger partial charge is 0.395 e. The molecule has 0 unspecified atom stereocenters. The van der Waals surface area contributed by atoms with Crippen LogP contribution in [-0.4, -0.2) is 68.3 Å². The van der Waals surface area contributed by atoms with Gasteiger partial charge in [0.05, 0.1) is 82.6 Å². The first-order chi connectivity index (χ1) is 41.0. The molecular formula is C68H55ClN12O2. The molecule has 0 radical (unpaired) electrons. The molecule has 406 valence electrons. The second-order valence-corrected chi connectivity index (χ2v) is 18.7. The Morgan fingerprint density at radius 3 is 1.02 bits per heavy atom. The van der Waals surface area contributed by atoms with Crippen molar-refractivity contribution in [3.63, 3.8) is 0 Å². The van der Waals surface area contributed by atoms with E-state index in [2.05, 4.69) is 139 Å². The van der Waals surface area contributed by atoms with Gasteiger partial charge in [0.15, 0.2) is 0 Å². The van der Waals surface area contributed by atoms with Gasteiger partial charge in [-0.25, -0.2) is 29.9 Å². The summed E-state index contributed by atoms with van der Waals surface area (Å²) in [4.78, 5) is 40.5. The lowest BCUT2D eigenvalue weighted by Gasteiger charge is -2.13. The summed E-state index contributed by atoms with van der Waals surface area (Å²) in [7, 11) is 0. The van der Waals surface area contributed by atoms with E-state index in [4.69, 9.17) is 21.8 Å². The van der Waals surface area contributed by atoms with Crippen molar-refractivity contribution >= 4 is 61.8 Å². The normalized spacial score (nSPS) is 10.5. The quantitative estimate of drug-likeness (QED) is 0.0510. The average Bonchev–Trinajstić information content (AvgIpc) is 3.74. The summed E-state index contributed by atoms with van der Waals surface area (Å²) in [6, 6.07) is 66.1. The van der Waals surface area contributed by atoms with Crippen LogP contribution < -0.4 is 16.0 Å². The molecule has 0 aliphatic rings. The number of fused-ring (bicyclic) bond motifs is 3. The fourth-order valence-electron chi connectivity index (χ4n) is 9.02. The highest BCUT2D eigenvalue weighted by Crippen LogP contribution is 2.36. The molecule has 0 saturated carbocycles. The van der Waals surface area contributed by atoms with Crippen LogP contribution in [0.4, 0.5) is 17.5 Å². The number of nitrogens with zero attached hydrogens (tertiary/aromatic N) is 9. The highest BCUT2D eigenvalue weighted by atomic mass is 35.5. The minimum Gasteiger partial charge on any atom is -0.395 e. The van der Waals surface area contributed by atoms with E-state index in [-0.39, 0.29) is 18.5 Å². The fraction of sp³-hybridized carbons (Fsp3) is 0.103. The van der Waals surface area contributed by atoms with Crippen LogP contribution >= 0.6 is 11.6 Å². The first-order valence-electron chi connectivity index (χ1n) is 26.9. The SMILES string of the molecule is Clc1nc(NCc2ccccn2)c2c(-c3ccccc3)cccc2n1.OCCC#Cc1nc(NCc2ccccn2)c2c(-c3ccccc3)cccc2n1.OCCC#Cc1nc(NCc2ccccn2)c2c(-c3ccccc3)cccc2n1. The Kier molecular flexibility index (Phi) is 19.2. The number of nitrogens with one attached hydrogen (secondary N) is 3. The molecule has 0 aliphatic carbocycles. The third-order valence-corrected chi connectivity index (χ3v) is 12.9. The van der Waals surface area contributed by atoms with E-state index >= 15 is 0 Å². The Morgan fingerprint density at radius 2 is 0.687 bits per heavy atom. The van der Waals surface area contributed by atoms with E-state index < -0.39 is 0 Å². The number of rotatable bonds is 14. The molecule has 15 heteroatoms. The summed E-state index contributed by atoms with van der Waals surface area (Å²) in [5.74, 6) is 14.7. The van der Waals surface area contributed by atoms with Gasteiger partial charge < -0.3 is 26.2 Å². The Balaban J connectivity index is 0.000000140. The van der Waals surface area contributed by atoms with Crippen LogP contribution in [-0.2, 0) is 19.6 Å². The van der Waals surface area contributed by atoms with Gasteiger partial charge in [-0.3, -0.25) is 15.0 Å². The van der Waals surface area contributed by atoms with E-state index in [0.29, 0.717) is 61.6 Å². The molecule has 6 aromatic heterocycles.